The molecule has 45 heavy (non-hydrogen) atoms. The number of hydrogen-bond donors (Lipinski definition) is 0. The van der Waals surface area contributed by atoms with E-state index in [4.69, 9.17) is 9.47 Å². The molecule has 0 unspecified atom stereocenters. The van der Waals surface area contributed by atoms with Crippen LogP contribution in [0.5, 0.6) is 10.1 Å². The normalized spacial score (nSPS) is 16.8. The molecule has 2 aromatic heterocycles. The summed E-state index contributed by atoms with van der Waals surface area (Å²) in [6.07, 6.45) is 5.79. The van der Waals surface area contributed by atoms with E-state index in [1.807, 2.05) is 24.3 Å². The smallest absolute Gasteiger partial charge is 0.380 e. The van der Waals surface area contributed by atoms with E-state index in [0.717, 1.165) is 72.3 Å². The molecule has 0 saturated heterocycles. The van der Waals surface area contributed by atoms with E-state index >= 15 is 26.3 Å². The lowest BCUT2D eigenvalue weighted by atomic mass is 9.96. The summed E-state index contributed by atoms with van der Waals surface area (Å²) in [6, 6.07) is 17.3. The minimum atomic E-state index is -5.70. The number of methoxy groups -OCH3 is 2. The summed E-state index contributed by atoms with van der Waals surface area (Å²) in [5.41, 5.74) is -0.491. The number of halogens is 6. The minimum absolute atomic E-state index is 0.169. The Labute approximate surface area is 267 Å². The average molecular weight is 665 g/mol. The van der Waals surface area contributed by atoms with Crippen molar-refractivity contribution >= 4 is 33.8 Å². The second-order valence-electron chi connectivity index (χ2n) is 11.1. The molecule has 1 aliphatic rings. The van der Waals surface area contributed by atoms with Gasteiger partial charge < -0.3 is 9.47 Å². The Hall–Kier alpha value is -3.24. The van der Waals surface area contributed by atoms with Gasteiger partial charge in [-0.25, -0.2) is 0 Å². The first-order valence-electron chi connectivity index (χ1n) is 14.8. The Balaban J connectivity index is 1.67. The molecule has 0 amide bonds. The highest BCUT2D eigenvalue weighted by atomic mass is 32.1. The first-order valence-corrected chi connectivity index (χ1v) is 16.5. The Kier molecular flexibility index (Phi) is 9.48. The van der Waals surface area contributed by atoms with Crippen LogP contribution in [0.2, 0.25) is 0 Å². The number of hydrogen-bond acceptors (Lipinski definition) is 4. The number of rotatable bonds is 12. The number of ether oxygens (including phenoxy) is 2. The summed E-state index contributed by atoms with van der Waals surface area (Å²) < 4.78 is 104. The van der Waals surface area contributed by atoms with E-state index in [-0.39, 0.29) is 10.1 Å². The third-order valence-corrected chi connectivity index (χ3v) is 10.4. The van der Waals surface area contributed by atoms with E-state index in [9.17, 15) is 0 Å². The minimum Gasteiger partial charge on any atom is -0.487 e. The predicted molar refractivity (Wildman–Crippen MR) is 171 cm³/mol. The molecule has 240 valence electrons. The SMILES string of the molecule is CCCCc1ccc(-c2cc(C3=C(c4cc(-c5ccc(CCCC)cc5)sc4OC)C(F)(F)C(F)(F)C3(F)F)c(OC)s2)cc1. The Morgan fingerprint density at radius 3 is 1.24 bits per heavy atom. The summed E-state index contributed by atoms with van der Waals surface area (Å²) in [5.74, 6) is -16.1. The number of benzene rings is 2. The van der Waals surface area contributed by atoms with Crippen LogP contribution in [0.3, 0.4) is 0 Å². The van der Waals surface area contributed by atoms with Gasteiger partial charge in [-0.2, -0.15) is 26.3 Å². The lowest BCUT2D eigenvalue weighted by Crippen LogP contribution is -2.48. The first kappa shape index (κ1) is 33.1. The maximum Gasteiger partial charge on any atom is 0.380 e. The molecule has 0 aliphatic heterocycles. The van der Waals surface area contributed by atoms with Crippen LogP contribution in [-0.2, 0) is 12.8 Å². The van der Waals surface area contributed by atoms with Gasteiger partial charge >= 0.3 is 17.8 Å². The lowest BCUT2D eigenvalue weighted by Gasteiger charge is -2.25. The van der Waals surface area contributed by atoms with Crippen molar-refractivity contribution in [1.82, 2.24) is 0 Å². The highest BCUT2D eigenvalue weighted by Crippen LogP contribution is 2.67. The quantitative estimate of drug-likeness (QED) is 0.140. The maximum absolute atomic E-state index is 15.7. The van der Waals surface area contributed by atoms with Gasteiger partial charge in [-0.15, -0.1) is 0 Å². The Morgan fingerprint density at radius 1 is 0.578 bits per heavy atom. The molecule has 0 saturated carbocycles. The summed E-state index contributed by atoms with van der Waals surface area (Å²) >= 11 is 1.86. The standard InChI is InChI=1S/C35H34F6O2S2/c1-5-7-9-21-11-15-23(16-12-21)27-19-25(31(42-3)44-27)29-30(34(38,39)35(40,41)33(29,36)37)26-20-28(45-32(26)43-4)24-17-13-22(14-18-24)10-8-6-2/h11-20H,5-10H2,1-4H3. The van der Waals surface area contributed by atoms with Gasteiger partial charge in [-0.1, -0.05) is 97.9 Å². The number of alkyl halides is 6. The topological polar surface area (TPSA) is 18.5 Å². The molecule has 0 radical (unpaired) electrons. The van der Waals surface area contributed by atoms with E-state index < -0.39 is 40.0 Å². The molecular weight excluding hydrogens is 631 g/mol. The molecule has 10 heteroatoms. The summed E-state index contributed by atoms with van der Waals surface area (Å²) in [7, 11) is 2.40. The van der Waals surface area contributed by atoms with Gasteiger partial charge in [0.15, 0.2) is 10.1 Å². The zero-order chi connectivity index (χ0) is 32.6. The van der Waals surface area contributed by atoms with E-state index in [0.29, 0.717) is 20.9 Å². The van der Waals surface area contributed by atoms with Crippen molar-refractivity contribution in [2.45, 2.75) is 70.1 Å². The van der Waals surface area contributed by atoms with Gasteiger partial charge in [0.2, 0.25) is 0 Å². The largest absolute Gasteiger partial charge is 0.487 e. The van der Waals surface area contributed by atoms with E-state index in [2.05, 4.69) is 13.8 Å². The van der Waals surface area contributed by atoms with Crippen LogP contribution in [0.25, 0.3) is 32.0 Å². The maximum atomic E-state index is 15.7. The molecule has 2 aromatic carbocycles. The van der Waals surface area contributed by atoms with Gasteiger partial charge in [-0.05, 0) is 60.1 Å². The van der Waals surface area contributed by atoms with Crippen molar-refractivity contribution in [3.05, 3.63) is 82.9 Å². The van der Waals surface area contributed by atoms with Gasteiger partial charge in [-0.3, -0.25) is 0 Å². The van der Waals surface area contributed by atoms with Crippen molar-refractivity contribution in [3.8, 4) is 31.0 Å². The third kappa shape index (κ3) is 5.80. The molecule has 0 N–H and O–H groups in total. The average Bonchev–Trinajstić information content (AvgIpc) is 3.68. The number of aryl methyl sites for hydroxylation is 2. The number of allylic oxidation sites excluding steroid dienone is 2. The Bertz CT molecular complexity index is 1550. The van der Waals surface area contributed by atoms with Crippen molar-refractivity contribution in [2.75, 3.05) is 14.2 Å². The monoisotopic (exact) mass is 664 g/mol. The van der Waals surface area contributed by atoms with Crippen molar-refractivity contribution < 1.29 is 35.8 Å². The van der Waals surface area contributed by atoms with Crippen molar-refractivity contribution in [3.63, 3.8) is 0 Å². The highest BCUT2D eigenvalue weighted by molar-refractivity contribution is 7.18. The highest BCUT2D eigenvalue weighted by Gasteiger charge is 2.80. The molecule has 0 spiro atoms. The van der Waals surface area contributed by atoms with E-state index in [1.165, 1.54) is 26.4 Å². The Morgan fingerprint density at radius 2 is 0.933 bits per heavy atom. The van der Waals surface area contributed by atoms with Gasteiger partial charge in [0.25, 0.3) is 0 Å². The molecule has 5 rings (SSSR count). The number of unbranched alkanes of at least 4 members (excludes halogenated alkanes) is 2. The second-order valence-corrected chi connectivity index (χ2v) is 13.1. The van der Waals surface area contributed by atoms with Crippen LogP contribution in [0.4, 0.5) is 26.3 Å². The van der Waals surface area contributed by atoms with Crippen molar-refractivity contribution in [2.24, 2.45) is 0 Å². The van der Waals surface area contributed by atoms with Crippen LogP contribution < -0.4 is 9.47 Å². The fourth-order valence-electron chi connectivity index (χ4n) is 5.55. The summed E-state index contributed by atoms with van der Waals surface area (Å²) in [6.45, 7) is 4.17. The van der Waals surface area contributed by atoms with Gasteiger partial charge in [0.1, 0.15) is 0 Å². The molecule has 1 aliphatic carbocycles. The molecule has 0 atom stereocenters. The fraction of sp³-hybridized carbons (Fsp3) is 0.371. The number of thiophene rings is 2. The molecule has 4 aromatic rings. The van der Waals surface area contributed by atoms with E-state index in [1.54, 1.807) is 24.3 Å². The fourth-order valence-corrected chi connectivity index (χ4v) is 7.52. The lowest BCUT2D eigenvalue weighted by molar-refractivity contribution is -0.254. The van der Waals surface area contributed by atoms with Gasteiger partial charge in [0, 0.05) is 32.0 Å². The van der Waals surface area contributed by atoms with Crippen LogP contribution in [-0.4, -0.2) is 32.0 Å². The zero-order valence-corrected chi connectivity index (χ0v) is 27.0. The van der Waals surface area contributed by atoms with Crippen molar-refractivity contribution in [1.29, 1.82) is 0 Å². The molecular formula is C35H34F6O2S2. The summed E-state index contributed by atoms with van der Waals surface area (Å²) in [5, 5.41) is -0.337. The molecule has 0 bridgehead atoms. The molecule has 2 nitrogen and oxygen atoms in total. The van der Waals surface area contributed by atoms with Gasteiger partial charge in [0.05, 0.1) is 14.2 Å². The van der Waals surface area contributed by atoms with Crippen LogP contribution in [0.15, 0.2) is 60.7 Å². The van der Waals surface area contributed by atoms with Crippen LogP contribution in [0, 0.1) is 0 Å². The predicted octanol–water partition coefficient (Wildman–Crippen LogP) is 11.7. The molecule has 2 heterocycles. The zero-order valence-electron chi connectivity index (χ0n) is 25.4. The molecule has 0 fully saturated rings. The first-order chi connectivity index (χ1) is 21.4. The summed E-state index contributed by atoms with van der Waals surface area (Å²) in [4.78, 5) is 0.845. The van der Waals surface area contributed by atoms with Crippen LogP contribution >= 0.6 is 22.7 Å². The third-order valence-electron chi connectivity index (χ3n) is 8.09. The second kappa shape index (κ2) is 12.9. The van der Waals surface area contributed by atoms with Crippen LogP contribution in [0.1, 0.15) is 61.8 Å².